The Balaban J connectivity index is 1.90. The highest BCUT2D eigenvalue weighted by atomic mass is 32.2. The molecule has 0 saturated heterocycles. The average Bonchev–Trinajstić information content (AvgIpc) is 3.34. The number of carbonyl (C=O) groups excluding carboxylic acids is 2. The Morgan fingerprint density at radius 3 is 2.53 bits per heavy atom. The van der Waals surface area contributed by atoms with E-state index in [1.807, 2.05) is 66.6 Å². The molecule has 2 aromatic rings. The lowest BCUT2D eigenvalue weighted by atomic mass is 9.90. The van der Waals surface area contributed by atoms with Crippen molar-refractivity contribution in [1.29, 1.82) is 0 Å². The second-order valence-corrected chi connectivity index (χ2v) is 9.74. The van der Waals surface area contributed by atoms with Crippen LogP contribution in [0, 0.1) is 0 Å². The summed E-state index contributed by atoms with van der Waals surface area (Å²) < 4.78 is 16.8. The van der Waals surface area contributed by atoms with Crippen molar-refractivity contribution in [2.45, 2.75) is 45.7 Å². The van der Waals surface area contributed by atoms with Crippen molar-refractivity contribution in [3.63, 3.8) is 0 Å². The maximum Gasteiger partial charge on any atom is 0.338 e. The smallest absolute Gasteiger partial charge is 0.338 e. The van der Waals surface area contributed by atoms with Gasteiger partial charge in [-0.15, -0.1) is 0 Å². The topological polar surface area (TPSA) is 89.5 Å². The monoisotopic (exact) mass is 535 g/mol. The number of esters is 1. The van der Waals surface area contributed by atoms with Crippen molar-refractivity contribution < 1.29 is 23.8 Å². The Hall–Kier alpha value is -3.72. The van der Waals surface area contributed by atoms with Crippen LogP contribution in [0.4, 0.5) is 0 Å². The average molecular weight is 536 g/mol. The predicted molar refractivity (Wildman–Crippen MR) is 150 cm³/mol. The third kappa shape index (κ3) is 5.57. The van der Waals surface area contributed by atoms with Gasteiger partial charge in [0.05, 0.1) is 44.6 Å². The molecule has 2 heterocycles. The number of thioether (sulfide) groups is 1. The van der Waals surface area contributed by atoms with Crippen LogP contribution >= 0.6 is 11.8 Å². The summed E-state index contributed by atoms with van der Waals surface area (Å²) in [6.07, 6.45) is 0.972. The first-order valence-electron chi connectivity index (χ1n) is 12.6. The van der Waals surface area contributed by atoms with Gasteiger partial charge in [-0.1, -0.05) is 49.0 Å². The fourth-order valence-electron chi connectivity index (χ4n) is 4.42. The summed E-state index contributed by atoms with van der Waals surface area (Å²) in [7, 11) is 3.17. The molecule has 0 spiro atoms. The zero-order chi connectivity index (χ0) is 27.2. The first-order chi connectivity index (χ1) is 18.4. The van der Waals surface area contributed by atoms with Crippen molar-refractivity contribution in [3.8, 4) is 11.5 Å². The number of nitrogens with zero attached hydrogens (tertiary/aromatic N) is 2. The molecule has 2 aliphatic heterocycles. The van der Waals surface area contributed by atoms with E-state index in [0.717, 1.165) is 23.2 Å². The number of amides is 1. The summed E-state index contributed by atoms with van der Waals surface area (Å²) in [6, 6.07) is 14.5. The summed E-state index contributed by atoms with van der Waals surface area (Å²) in [5.74, 6) is 0.602. The van der Waals surface area contributed by atoms with Gasteiger partial charge in [0.1, 0.15) is 11.5 Å². The third-order valence-electron chi connectivity index (χ3n) is 6.45. The molecule has 0 radical (unpaired) electrons. The number of aliphatic imine (C=N–C) groups is 1. The summed E-state index contributed by atoms with van der Waals surface area (Å²) in [5, 5.41) is 5.63. The van der Waals surface area contributed by atoms with E-state index < -0.39 is 12.0 Å². The fourth-order valence-corrected chi connectivity index (χ4v) is 5.34. The van der Waals surface area contributed by atoms with Crippen LogP contribution in [0.3, 0.4) is 0 Å². The van der Waals surface area contributed by atoms with E-state index >= 15 is 0 Å². The van der Waals surface area contributed by atoms with E-state index in [2.05, 4.69) is 5.32 Å². The molecular formula is C29H33N3O5S. The standard InChI is InChI=1S/C29H33N3O5S/c1-6-18(3)30-24(33)15-20-17-38-29-31-26(19-11-9-8-10-12-19)25(28(34)37-7-2)27(32(20)29)22-14-13-21(35-4)16-23(22)36-5/h8-14,16-18,27H,6-7,15H2,1-5H3,(H,30,33)/t18-,27-/m0/s1. The molecule has 4 rings (SSSR count). The minimum atomic E-state index is -0.643. The van der Waals surface area contributed by atoms with Crippen LogP contribution in [0.5, 0.6) is 11.5 Å². The van der Waals surface area contributed by atoms with Crippen molar-refractivity contribution in [2.75, 3.05) is 20.8 Å². The number of fused-ring (bicyclic) bond motifs is 1. The number of nitrogens with one attached hydrogen (secondary N) is 1. The number of hydrogen-bond acceptors (Lipinski definition) is 8. The van der Waals surface area contributed by atoms with Gasteiger partial charge in [0.2, 0.25) is 5.91 Å². The number of rotatable bonds is 10. The molecule has 0 bridgehead atoms. The molecule has 0 aromatic heterocycles. The highest BCUT2D eigenvalue weighted by molar-refractivity contribution is 8.16. The molecule has 0 unspecified atom stereocenters. The summed E-state index contributed by atoms with van der Waals surface area (Å²) >= 11 is 1.43. The van der Waals surface area contributed by atoms with Gasteiger partial charge in [-0.3, -0.25) is 4.79 Å². The Morgan fingerprint density at radius 2 is 1.87 bits per heavy atom. The minimum absolute atomic E-state index is 0.0591. The van der Waals surface area contributed by atoms with Crippen molar-refractivity contribution in [2.24, 2.45) is 4.99 Å². The number of amidine groups is 1. The van der Waals surface area contributed by atoms with Gasteiger partial charge in [-0.25, -0.2) is 9.79 Å². The molecule has 2 aliphatic rings. The van der Waals surface area contributed by atoms with Crippen LogP contribution in [0.15, 0.2) is 70.2 Å². The Bertz CT molecular complexity index is 1290. The van der Waals surface area contributed by atoms with Gasteiger partial charge in [0.15, 0.2) is 5.17 Å². The third-order valence-corrected chi connectivity index (χ3v) is 7.34. The van der Waals surface area contributed by atoms with E-state index in [-0.39, 0.29) is 25.0 Å². The van der Waals surface area contributed by atoms with E-state index in [1.54, 1.807) is 27.2 Å². The van der Waals surface area contributed by atoms with Gasteiger partial charge in [-0.05, 0) is 37.8 Å². The van der Waals surface area contributed by atoms with Gasteiger partial charge in [0.25, 0.3) is 0 Å². The van der Waals surface area contributed by atoms with Crippen LogP contribution in [0.1, 0.15) is 50.8 Å². The maximum atomic E-state index is 13.6. The van der Waals surface area contributed by atoms with Crippen LogP contribution in [-0.4, -0.2) is 48.8 Å². The van der Waals surface area contributed by atoms with E-state index in [4.69, 9.17) is 19.2 Å². The number of benzene rings is 2. The number of methoxy groups -OCH3 is 2. The molecule has 1 amide bonds. The molecule has 200 valence electrons. The number of ether oxygens (including phenoxy) is 3. The lowest BCUT2D eigenvalue weighted by molar-refractivity contribution is -0.139. The Morgan fingerprint density at radius 1 is 1.11 bits per heavy atom. The highest BCUT2D eigenvalue weighted by Crippen LogP contribution is 2.49. The largest absolute Gasteiger partial charge is 0.497 e. The van der Waals surface area contributed by atoms with Crippen molar-refractivity contribution >= 4 is 34.5 Å². The van der Waals surface area contributed by atoms with E-state index in [9.17, 15) is 9.59 Å². The van der Waals surface area contributed by atoms with Crippen LogP contribution in [0.2, 0.25) is 0 Å². The zero-order valence-electron chi connectivity index (χ0n) is 22.3. The first-order valence-corrected chi connectivity index (χ1v) is 13.5. The number of carbonyl (C=O) groups is 2. The lowest BCUT2D eigenvalue weighted by Crippen LogP contribution is -2.39. The van der Waals surface area contributed by atoms with Crippen LogP contribution in [-0.2, 0) is 14.3 Å². The molecular weight excluding hydrogens is 502 g/mol. The van der Waals surface area contributed by atoms with Crippen LogP contribution < -0.4 is 14.8 Å². The molecule has 2 atom stereocenters. The molecule has 0 saturated carbocycles. The lowest BCUT2D eigenvalue weighted by Gasteiger charge is -2.37. The maximum absolute atomic E-state index is 13.6. The van der Waals surface area contributed by atoms with Crippen LogP contribution in [0.25, 0.3) is 5.70 Å². The molecule has 0 fully saturated rings. The van der Waals surface area contributed by atoms with Gasteiger partial charge >= 0.3 is 5.97 Å². The molecule has 0 aliphatic carbocycles. The Kier molecular flexibility index (Phi) is 8.78. The minimum Gasteiger partial charge on any atom is -0.497 e. The zero-order valence-corrected chi connectivity index (χ0v) is 23.1. The quantitative estimate of drug-likeness (QED) is 0.414. The molecule has 8 nitrogen and oxygen atoms in total. The second kappa shape index (κ2) is 12.2. The van der Waals surface area contributed by atoms with Gasteiger partial charge in [0, 0.05) is 28.9 Å². The van der Waals surface area contributed by atoms with Crippen molar-refractivity contribution in [3.05, 3.63) is 76.3 Å². The van der Waals surface area contributed by atoms with Crippen molar-refractivity contribution in [1.82, 2.24) is 10.2 Å². The number of hydrogen-bond donors (Lipinski definition) is 1. The molecule has 38 heavy (non-hydrogen) atoms. The van der Waals surface area contributed by atoms with E-state index in [1.165, 1.54) is 11.8 Å². The first kappa shape index (κ1) is 27.3. The SMILES string of the molecule is CCOC(=O)C1=C(c2ccccc2)N=C2SC=C(CC(=O)N[C@@H](C)CC)N2[C@H]1c1ccc(OC)cc1OC. The fraction of sp³-hybridized carbons (Fsp3) is 0.345. The molecule has 2 aromatic carbocycles. The second-order valence-electron chi connectivity index (χ2n) is 8.90. The van der Waals surface area contributed by atoms with Gasteiger partial charge < -0.3 is 24.4 Å². The molecule has 1 N–H and O–H groups in total. The predicted octanol–water partition coefficient (Wildman–Crippen LogP) is 5.28. The van der Waals surface area contributed by atoms with Gasteiger partial charge in [-0.2, -0.15) is 0 Å². The summed E-state index contributed by atoms with van der Waals surface area (Å²) in [5.41, 5.74) is 3.17. The summed E-state index contributed by atoms with van der Waals surface area (Å²) in [6.45, 7) is 5.99. The summed E-state index contributed by atoms with van der Waals surface area (Å²) in [4.78, 5) is 33.4. The normalized spacial score (nSPS) is 17.3. The van der Waals surface area contributed by atoms with E-state index in [0.29, 0.717) is 27.9 Å². The Labute approximate surface area is 227 Å². The highest BCUT2D eigenvalue weighted by Gasteiger charge is 2.43. The molecule has 9 heteroatoms.